The van der Waals surface area contributed by atoms with Gasteiger partial charge in [0.05, 0.1) is 5.52 Å². The maximum atomic E-state index is 11.9. The number of benzene rings is 1. The summed E-state index contributed by atoms with van der Waals surface area (Å²) in [6.45, 7) is 2.75. The Morgan fingerprint density at radius 1 is 1.43 bits per heavy atom. The van der Waals surface area contributed by atoms with E-state index in [4.69, 9.17) is 4.74 Å². The Hall–Kier alpha value is -2.30. The van der Waals surface area contributed by atoms with Crippen LogP contribution in [0.5, 0.6) is 5.75 Å². The van der Waals surface area contributed by atoms with Crippen LogP contribution in [0.4, 0.5) is 4.79 Å². The lowest BCUT2D eigenvalue weighted by molar-refractivity contribution is 0.112. The number of aldehydes is 1. The van der Waals surface area contributed by atoms with Crippen molar-refractivity contribution < 1.29 is 14.3 Å². The molecule has 0 radical (unpaired) electrons. The fourth-order valence-electron chi connectivity index (χ4n) is 2.22. The molecular formula is C16H20N2O3. The highest BCUT2D eigenvalue weighted by atomic mass is 16.6. The topological polar surface area (TPSA) is 51.5 Å². The van der Waals surface area contributed by atoms with Crippen molar-refractivity contribution in [2.45, 2.75) is 19.8 Å². The van der Waals surface area contributed by atoms with Crippen molar-refractivity contribution in [2.75, 3.05) is 13.6 Å². The van der Waals surface area contributed by atoms with Crippen LogP contribution in [0, 0.1) is 0 Å². The summed E-state index contributed by atoms with van der Waals surface area (Å²) in [5.41, 5.74) is 1.49. The monoisotopic (exact) mass is 288 g/mol. The third kappa shape index (κ3) is 3.24. The van der Waals surface area contributed by atoms with E-state index in [2.05, 4.69) is 6.92 Å². The average Bonchev–Trinajstić information content (AvgIpc) is 2.80. The molecule has 1 amide bonds. The van der Waals surface area contributed by atoms with Crippen molar-refractivity contribution >= 4 is 23.3 Å². The Kier molecular flexibility index (Phi) is 4.62. The van der Waals surface area contributed by atoms with Gasteiger partial charge in [0.2, 0.25) is 0 Å². The van der Waals surface area contributed by atoms with Gasteiger partial charge in [-0.3, -0.25) is 4.79 Å². The van der Waals surface area contributed by atoms with Crippen LogP contribution in [-0.4, -0.2) is 35.4 Å². The van der Waals surface area contributed by atoms with Gasteiger partial charge in [0, 0.05) is 43.9 Å². The first-order valence-corrected chi connectivity index (χ1v) is 7.04. The molecule has 0 aliphatic heterocycles. The van der Waals surface area contributed by atoms with Gasteiger partial charge in [0.1, 0.15) is 5.75 Å². The lowest BCUT2D eigenvalue weighted by Crippen LogP contribution is -2.30. The predicted octanol–water partition coefficient (Wildman–Crippen LogP) is 3.22. The zero-order valence-electron chi connectivity index (χ0n) is 12.6. The average molecular weight is 288 g/mol. The first-order valence-electron chi connectivity index (χ1n) is 7.04. The number of unbranched alkanes of at least 4 members (excludes halogenated alkanes) is 1. The van der Waals surface area contributed by atoms with Gasteiger partial charge in [-0.1, -0.05) is 13.3 Å². The highest BCUT2D eigenvalue weighted by Gasteiger charge is 2.12. The van der Waals surface area contributed by atoms with Crippen LogP contribution in [0.1, 0.15) is 30.1 Å². The summed E-state index contributed by atoms with van der Waals surface area (Å²) in [7, 11) is 3.58. The highest BCUT2D eigenvalue weighted by molar-refractivity contribution is 5.98. The van der Waals surface area contributed by atoms with Gasteiger partial charge in [0.15, 0.2) is 6.29 Å². The molecule has 5 heteroatoms. The number of hydrogen-bond donors (Lipinski definition) is 0. The molecule has 0 N–H and O–H groups in total. The molecule has 0 aliphatic carbocycles. The zero-order valence-corrected chi connectivity index (χ0v) is 12.6. The zero-order chi connectivity index (χ0) is 15.4. The van der Waals surface area contributed by atoms with Crippen LogP contribution < -0.4 is 4.74 Å². The van der Waals surface area contributed by atoms with E-state index in [-0.39, 0.29) is 6.09 Å². The molecule has 0 saturated carbocycles. The fourth-order valence-corrected chi connectivity index (χ4v) is 2.22. The first-order chi connectivity index (χ1) is 10.1. The molecule has 0 spiro atoms. The van der Waals surface area contributed by atoms with Gasteiger partial charge in [-0.15, -0.1) is 0 Å². The summed E-state index contributed by atoms with van der Waals surface area (Å²) in [5, 5.41) is 0.853. The first kappa shape index (κ1) is 15.1. The maximum Gasteiger partial charge on any atom is 0.414 e. The number of aryl methyl sites for hydroxylation is 1. The lowest BCUT2D eigenvalue weighted by Gasteiger charge is -2.16. The molecule has 0 bridgehead atoms. The molecule has 5 nitrogen and oxygen atoms in total. The minimum atomic E-state index is -0.368. The SMILES string of the molecule is CCCCN(C)C(=O)Oc1ccc2c(C=O)cn(C)c2c1. The molecule has 2 aromatic rings. The normalized spacial score (nSPS) is 10.6. The molecule has 1 aromatic heterocycles. The molecule has 21 heavy (non-hydrogen) atoms. The van der Waals surface area contributed by atoms with Gasteiger partial charge < -0.3 is 14.2 Å². The Bertz CT molecular complexity index is 661. The number of ether oxygens (including phenoxy) is 1. The second-order valence-corrected chi connectivity index (χ2v) is 5.14. The molecular weight excluding hydrogens is 268 g/mol. The summed E-state index contributed by atoms with van der Waals surface area (Å²) in [5.74, 6) is 0.481. The van der Waals surface area contributed by atoms with E-state index < -0.39 is 0 Å². The van der Waals surface area contributed by atoms with Crippen LogP contribution in [0.15, 0.2) is 24.4 Å². The van der Waals surface area contributed by atoms with Crippen LogP contribution in [0.2, 0.25) is 0 Å². The number of fused-ring (bicyclic) bond motifs is 1. The van der Waals surface area contributed by atoms with E-state index >= 15 is 0 Å². The van der Waals surface area contributed by atoms with Gasteiger partial charge >= 0.3 is 6.09 Å². The number of amides is 1. The second kappa shape index (κ2) is 6.43. The van der Waals surface area contributed by atoms with Crippen LogP contribution in [0.3, 0.4) is 0 Å². The molecule has 0 atom stereocenters. The Morgan fingerprint density at radius 2 is 2.19 bits per heavy atom. The standard InChI is InChI=1S/C16H20N2O3/c1-4-5-8-17(2)16(20)21-13-6-7-14-12(11-19)10-18(3)15(14)9-13/h6-7,9-11H,4-5,8H2,1-3H3. The van der Waals surface area contributed by atoms with Gasteiger partial charge in [-0.2, -0.15) is 0 Å². The van der Waals surface area contributed by atoms with Gasteiger partial charge in [-0.05, 0) is 18.6 Å². The summed E-state index contributed by atoms with van der Waals surface area (Å²) in [4.78, 5) is 24.5. The van der Waals surface area contributed by atoms with Crippen molar-refractivity contribution in [3.8, 4) is 5.75 Å². The summed E-state index contributed by atoms with van der Waals surface area (Å²) in [6.07, 6.45) is 4.20. The van der Waals surface area contributed by atoms with E-state index in [1.807, 2.05) is 11.6 Å². The van der Waals surface area contributed by atoms with E-state index in [0.29, 0.717) is 17.9 Å². The Morgan fingerprint density at radius 3 is 2.86 bits per heavy atom. The van der Waals surface area contributed by atoms with Crippen molar-refractivity contribution in [1.29, 1.82) is 0 Å². The third-order valence-electron chi connectivity index (χ3n) is 3.48. The second-order valence-electron chi connectivity index (χ2n) is 5.14. The van der Waals surface area contributed by atoms with Gasteiger partial charge in [0.25, 0.3) is 0 Å². The van der Waals surface area contributed by atoms with E-state index in [0.717, 1.165) is 30.0 Å². The number of carbonyl (C=O) groups excluding carboxylic acids is 2. The quantitative estimate of drug-likeness (QED) is 0.794. The van der Waals surface area contributed by atoms with Crippen molar-refractivity contribution in [2.24, 2.45) is 7.05 Å². The number of rotatable bonds is 5. The maximum absolute atomic E-state index is 11.9. The number of aromatic nitrogens is 1. The number of carbonyl (C=O) groups is 2. The Labute approximate surface area is 124 Å². The molecule has 0 unspecified atom stereocenters. The van der Waals surface area contributed by atoms with Crippen LogP contribution in [-0.2, 0) is 7.05 Å². The van der Waals surface area contributed by atoms with E-state index in [1.54, 1.807) is 36.3 Å². The summed E-state index contributed by atoms with van der Waals surface area (Å²) >= 11 is 0. The van der Waals surface area contributed by atoms with E-state index in [9.17, 15) is 9.59 Å². The Balaban J connectivity index is 2.18. The molecule has 1 heterocycles. The minimum absolute atomic E-state index is 0.368. The largest absolute Gasteiger partial charge is 0.414 e. The van der Waals surface area contributed by atoms with Crippen molar-refractivity contribution in [1.82, 2.24) is 9.47 Å². The van der Waals surface area contributed by atoms with Gasteiger partial charge in [-0.25, -0.2) is 4.79 Å². The minimum Gasteiger partial charge on any atom is -0.410 e. The third-order valence-corrected chi connectivity index (χ3v) is 3.48. The molecule has 1 aromatic carbocycles. The molecule has 112 valence electrons. The van der Waals surface area contributed by atoms with E-state index in [1.165, 1.54) is 0 Å². The molecule has 0 aliphatic rings. The van der Waals surface area contributed by atoms with Crippen LogP contribution in [0.25, 0.3) is 10.9 Å². The predicted molar refractivity (Wildman–Crippen MR) is 81.9 cm³/mol. The summed E-state index contributed by atoms with van der Waals surface area (Å²) < 4.78 is 7.21. The number of nitrogens with zero attached hydrogens (tertiary/aromatic N) is 2. The fraction of sp³-hybridized carbons (Fsp3) is 0.375. The van der Waals surface area contributed by atoms with Crippen LogP contribution >= 0.6 is 0 Å². The molecule has 2 rings (SSSR count). The molecule has 0 fully saturated rings. The smallest absolute Gasteiger partial charge is 0.410 e. The van der Waals surface area contributed by atoms with Crippen molar-refractivity contribution in [3.63, 3.8) is 0 Å². The number of hydrogen-bond acceptors (Lipinski definition) is 3. The lowest BCUT2D eigenvalue weighted by atomic mass is 10.2. The molecule has 0 saturated heterocycles. The highest BCUT2D eigenvalue weighted by Crippen LogP contribution is 2.24. The summed E-state index contributed by atoms with van der Waals surface area (Å²) in [6, 6.07) is 5.28. The van der Waals surface area contributed by atoms with Crippen molar-refractivity contribution in [3.05, 3.63) is 30.0 Å².